The Hall–Kier alpha value is -2.34. The summed E-state index contributed by atoms with van der Waals surface area (Å²) in [6.45, 7) is 3.95. The Morgan fingerprint density at radius 3 is 2.83 bits per heavy atom. The molecule has 0 bridgehead atoms. The first-order valence-corrected chi connectivity index (χ1v) is 8.19. The minimum absolute atomic E-state index is 0.459. The normalized spacial score (nSPS) is 15.5. The number of halogens is 1. The summed E-state index contributed by atoms with van der Waals surface area (Å²) in [5.74, 6) is 1.84. The number of hydrogen-bond acceptors (Lipinski definition) is 4. The molecule has 4 N–H and O–H groups in total. The van der Waals surface area contributed by atoms with Gasteiger partial charge in [0.15, 0.2) is 0 Å². The zero-order chi connectivity index (χ0) is 16.2. The summed E-state index contributed by atoms with van der Waals surface area (Å²) < 4.78 is 0.650. The van der Waals surface area contributed by atoms with E-state index in [0.717, 1.165) is 17.1 Å². The first kappa shape index (κ1) is 15.6. The molecule has 1 aliphatic carbocycles. The van der Waals surface area contributed by atoms with E-state index in [4.69, 9.17) is 5.73 Å². The maximum atomic E-state index is 6.03. The summed E-state index contributed by atoms with van der Waals surface area (Å²) in [5.41, 5.74) is 8.76. The molecule has 5 nitrogen and oxygen atoms in total. The van der Waals surface area contributed by atoms with Crippen LogP contribution in [0.3, 0.4) is 0 Å². The van der Waals surface area contributed by atoms with Gasteiger partial charge in [0.25, 0.3) is 0 Å². The molecule has 0 saturated heterocycles. The van der Waals surface area contributed by atoms with E-state index in [9.17, 15) is 0 Å². The van der Waals surface area contributed by atoms with Crippen molar-refractivity contribution in [2.24, 2.45) is 10.7 Å². The van der Waals surface area contributed by atoms with Crippen LogP contribution in [0, 0.1) is 0 Å². The number of aromatic amines is 1. The SMILES string of the molecule is C=C(/N=C\C(Br)=C(/N)Nc1cc(C2CC2)n[nH]1)c1ccccc1. The van der Waals surface area contributed by atoms with E-state index in [1.807, 2.05) is 36.4 Å². The molecule has 6 heteroatoms. The van der Waals surface area contributed by atoms with Crippen LogP contribution < -0.4 is 11.1 Å². The van der Waals surface area contributed by atoms with E-state index in [1.165, 1.54) is 12.8 Å². The van der Waals surface area contributed by atoms with Crippen LogP contribution in [0.2, 0.25) is 0 Å². The van der Waals surface area contributed by atoms with E-state index in [-0.39, 0.29) is 0 Å². The lowest BCUT2D eigenvalue weighted by Gasteiger charge is -2.04. The van der Waals surface area contributed by atoms with Crippen molar-refractivity contribution in [1.29, 1.82) is 0 Å². The Balaban J connectivity index is 1.64. The predicted molar refractivity (Wildman–Crippen MR) is 98.3 cm³/mol. The van der Waals surface area contributed by atoms with Crippen molar-refractivity contribution < 1.29 is 0 Å². The van der Waals surface area contributed by atoms with Crippen molar-refractivity contribution in [3.63, 3.8) is 0 Å². The molecular formula is C17H18BrN5. The van der Waals surface area contributed by atoms with Crippen molar-refractivity contribution in [3.8, 4) is 0 Å². The largest absolute Gasteiger partial charge is 0.384 e. The molecule has 0 spiro atoms. The molecule has 3 rings (SSSR count). The van der Waals surface area contributed by atoms with E-state index < -0.39 is 0 Å². The standard InChI is InChI=1S/C17H18BrN5/c1-11(12-5-3-2-4-6-12)20-10-14(18)17(19)21-16-9-15(22-23-16)13-7-8-13/h2-6,9-10,13H,1,7-8,19H2,(H2,21,22,23)/b17-14-,20-10-. The predicted octanol–water partition coefficient (Wildman–Crippen LogP) is 3.96. The molecule has 1 fully saturated rings. The molecule has 1 heterocycles. The van der Waals surface area contributed by atoms with Crippen LogP contribution in [0.15, 0.2) is 58.3 Å². The lowest BCUT2D eigenvalue weighted by atomic mass is 10.2. The Labute approximate surface area is 143 Å². The van der Waals surface area contributed by atoms with Crippen LogP contribution >= 0.6 is 15.9 Å². The van der Waals surface area contributed by atoms with Gasteiger partial charge in [0.2, 0.25) is 0 Å². The fourth-order valence-electron chi connectivity index (χ4n) is 2.10. The van der Waals surface area contributed by atoms with Crippen molar-refractivity contribution in [2.45, 2.75) is 18.8 Å². The van der Waals surface area contributed by atoms with Gasteiger partial charge in [-0.3, -0.25) is 10.1 Å². The highest BCUT2D eigenvalue weighted by Gasteiger charge is 2.26. The molecule has 2 aromatic rings. The van der Waals surface area contributed by atoms with Gasteiger partial charge < -0.3 is 11.1 Å². The van der Waals surface area contributed by atoms with Crippen molar-refractivity contribution in [1.82, 2.24) is 10.2 Å². The summed E-state index contributed by atoms with van der Waals surface area (Å²) >= 11 is 3.42. The van der Waals surface area contributed by atoms with Gasteiger partial charge in [-0.2, -0.15) is 5.10 Å². The zero-order valence-electron chi connectivity index (χ0n) is 12.6. The van der Waals surface area contributed by atoms with Crippen LogP contribution in [0.4, 0.5) is 5.82 Å². The highest BCUT2D eigenvalue weighted by Crippen LogP contribution is 2.39. The number of nitrogens with one attached hydrogen (secondary N) is 2. The molecule has 0 aliphatic heterocycles. The second-order valence-electron chi connectivity index (χ2n) is 5.44. The summed E-state index contributed by atoms with van der Waals surface area (Å²) in [5, 5.41) is 10.3. The minimum atomic E-state index is 0.459. The maximum absolute atomic E-state index is 6.03. The average Bonchev–Trinajstić information content (AvgIpc) is 3.33. The summed E-state index contributed by atoms with van der Waals surface area (Å²) in [6.07, 6.45) is 4.07. The van der Waals surface area contributed by atoms with E-state index in [1.54, 1.807) is 6.21 Å². The third-order valence-electron chi connectivity index (χ3n) is 3.56. The summed E-state index contributed by atoms with van der Waals surface area (Å²) in [7, 11) is 0. The number of anilines is 1. The van der Waals surface area contributed by atoms with E-state index >= 15 is 0 Å². The molecule has 1 aromatic carbocycles. The molecule has 1 saturated carbocycles. The first-order chi connectivity index (χ1) is 11.1. The number of aromatic nitrogens is 2. The second-order valence-corrected chi connectivity index (χ2v) is 6.29. The molecule has 0 radical (unpaired) electrons. The fourth-order valence-corrected chi connectivity index (χ4v) is 2.30. The Kier molecular flexibility index (Phi) is 4.62. The van der Waals surface area contributed by atoms with Crippen molar-refractivity contribution in [3.05, 3.63) is 64.5 Å². The molecular weight excluding hydrogens is 354 g/mol. The Bertz CT molecular complexity index is 756. The number of allylic oxidation sites excluding steroid dienone is 1. The number of rotatable bonds is 6. The smallest absolute Gasteiger partial charge is 0.127 e. The van der Waals surface area contributed by atoms with Crippen LogP contribution in [0.1, 0.15) is 30.0 Å². The van der Waals surface area contributed by atoms with Crippen molar-refractivity contribution in [2.75, 3.05) is 5.32 Å². The lowest BCUT2D eigenvalue weighted by Crippen LogP contribution is -2.11. The summed E-state index contributed by atoms with van der Waals surface area (Å²) in [4.78, 5) is 4.33. The number of nitrogens with two attached hydrogens (primary N) is 1. The third kappa shape index (κ3) is 4.10. The molecule has 118 valence electrons. The molecule has 0 unspecified atom stereocenters. The van der Waals surface area contributed by atoms with Gasteiger partial charge in [0, 0.05) is 18.2 Å². The highest BCUT2D eigenvalue weighted by atomic mass is 79.9. The maximum Gasteiger partial charge on any atom is 0.127 e. The molecule has 23 heavy (non-hydrogen) atoms. The van der Waals surface area contributed by atoms with E-state index in [2.05, 4.69) is 43.0 Å². The number of hydrogen-bond donors (Lipinski definition) is 3. The second kappa shape index (κ2) is 6.83. The Morgan fingerprint density at radius 1 is 1.39 bits per heavy atom. The van der Waals surface area contributed by atoms with Gasteiger partial charge in [-0.15, -0.1) is 0 Å². The number of H-pyrrole nitrogens is 1. The molecule has 0 amide bonds. The third-order valence-corrected chi connectivity index (χ3v) is 4.19. The summed E-state index contributed by atoms with van der Waals surface area (Å²) in [6, 6.07) is 11.8. The highest BCUT2D eigenvalue weighted by molar-refractivity contribution is 9.12. The quantitative estimate of drug-likeness (QED) is 0.672. The average molecular weight is 372 g/mol. The van der Waals surface area contributed by atoms with Crippen LogP contribution in [-0.2, 0) is 0 Å². The molecule has 0 atom stereocenters. The van der Waals surface area contributed by atoms with Crippen LogP contribution in [0.5, 0.6) is 0 Å². The molecule has 1 aromatic heterocycles. The van der Waals surface area contributed by atoms with Gasteiger partial charge in [0.05, 0.1) is 15.9 Å². The molecule has 1 aliphatic rings. The monoisotopic (exact) mass is 371 g/mol. The van der Waals surface area contributed by atoms with E-state index in [0.29, 0.717) is 21.9 Å². The number of benzene rings is 1. The number of nitrogens with zero attached hydrogens (tertiary/aromatic N) is 2. The fraction of sp³-hybridized carbons (Fsp3) is 0.176. The minimum Gasteiger partial charge on any atom is -0.384 e. The van der Waals surface area contributed by atoms with Gasteiger partial charge >= 0.3 is 0 Å². The van der Waals surface area contributed by atoms with Crippen LogP contribution in [0.25, 0.3) is 5.70 Å². The van der Waals surface area contributed by atoms with Gasteiger partial charge in [-0.1, -0.05) is 36.9 Å². The number of aliphatic imine (C=N–C) groups is 1. The van der Waals surface area contributed by atoms with Gasteiger partial charge in [-0.05, 0) is 34.3 Å². The first-order valence-electron chi connectivity index (χ1n) is 7.39. The van der Waals surface area contributed by atoms with Crippen LogP contribution in [-0.4, -0.2) is 16.4 Å². The van der Waals surface area contributed by atoms with Gasteiger partial charge in [0.1, 0.15) is 11.6 Å². The van der Waals surface area contributed by atoms with Crippen molar-refractivity contribution >= 4 is 33.7 Å². The van der Waals surface area contributed by atoms with Gasteiger partial charge in [-0.25, -0.2) is 0 Å². The Morgan fingerprint density at radius 2 is 2.13 bits per heavy atom. The topological polar surface area (TPSA) is 79.1 Å². The zero-order valence-corrected chi connectivity index (χ0v) is 14.2. The lowest BCUT2D eigenvalue weighted by molar-refractivity contribution is 0.965.